The molecule has 0 bridgehead atoms. The molecule has 6 nitrogen and oxygen atoms in total. The van der Waals surface area contributed by atoms with E-state index < -0.39 is 6.10 Å². The minimum Gasteiger partial charge on any atom is -0.494 e. The Labute approximate surface area is 154 Å². The summed E-state index contributed by atoms with van der Waals surface area (Å²) >= 11 is 2.05. The van der Waals surface area contributed by atoms with E-state index in [1.165, 1.54) is 6.21 Å². The average molecular weight is 442 g/mol. The van der Waals surface area contributed by atoms with Crippen LogP contribution in [0.1, 0.15) is 37.2 Å². The Hall–Kier alpha value is -1.87. The Bertz CT molecular complexity index is 682. The normalized spacial score (nSPS) is 12.3. The second-order valence-corrected chi connectivity index (χ2v) is 6.05. The van der Waals surface area contributed by atoms with Gasteiger partial charge in [-0.1, -0.05) is 12.1 Å². The first-order chi connectivity index (χ1) is 11.6. The third-order valence-electron chi connectivity index (χ3n) is 3.20. The van der Waals surface area contributed by atoms with Gasteiger partial charge >= 0.3 is 0 Å². The summed E-state index contributed by atoms with van der Waals surface area (Å²) in [4.78, 5) is 11.7. The molecule has 0 radical (unpaired) electrons. The van der Waals surface area contributed by atoms with E-state index in [-0.39, 0.29) is 12.3 Å². The monoisotopic (exact) mass is 442 g/mol. The fourth-order valence-electron chi connectivity index (χ4n) is 2.01. The number of furan rings is 1. The van der Waals surface area contributed by atoms with E-state index in [1.54, 1.807) is 36.4 Å². The first kappa shape index (κ1) is 18.5. The predicted molar refractivity (Wildman–Crippen MR) is 99.0 cm³/mol. The van der Waals surface area contributed by atoms with Crippen LogP contribution in [0.4, 0.5) is 0 Å². The topological polar surface area (TPSA) is 84.1 Å². The van der Waals surface area contributed by atoms with Crippen molar-refractivity contribution >= 4 is 34.7 Å². The van der Waals surface area contributed by atoms with Crippen molar-refractivity contribution in [1.82, 2.24) is 5.43 Å². The smallest absolute Gasteiger partial charge is 0.240 e. The highest BCUT2D eigenvalue weighted by Gasteiger charge is 2.10. The van der Waals surface area contributed by atoms with Crippen LogP contribution in [0.15, 0.2) is 45.9 Å². The van der Waals surface area contributed by atoms with Gasteiger partial charge in [-0.2, -0.15) is 5.10 Å². The lowest BCUT2D eigenvalue weighted by Crippen LogP contribution is -2.18. The fourth-order valence-corrected chi connectivity index (χ4v) is 2.44. The molecule has 0 unspecified atom stereocenters. The maximum absolute atomic E-state index is 11.7. The lowest BCUT2D eigenvalue weighted by molar-refractivity contribution is -0.121. The van der Waals surface area contributed by atoms with Crippen LogP contribution >= 0.6 is 22.6 Å². The van der Waals surface area contributed by atoms with Crippen LogP contribution in [-0.2, 0) is 4.79 Å². The Morgan fingerprint density at radius 2 is 2.12 bits per heavy atom. The van der Waals surface area contributed by atoms with Crippen LogP contribution in [0, 0.1) is 3.77 Å². The van der Waals surface area contributed by atoms with Crippen LogP contribution in [0.3, 0.4) is 0 Å². The molecule has 0 aliphatic carbocycles. The van der Waals surface area contributed by atoms with Crippen LogP contribution < -0.4 is 10.2 Å². The number of benzene rings is 1. The number of hydrazone groups is 1. The molecule has 1 atom stereocenters. The zero-order valence-corrected chi connectivity index (χ0v) is 15.4. The molecule has 0 spiro atoms. The number of nitrogens with one attached hydrogen (secondary N) is 1. The highest BCUT2D eigenvalue weighted by Crippen LogP contribution is 2.21. The Kier molecular flexibility index (Phi) is 7.26. The summed E-state index contributed by atoms with van der Waals surface area (Å²) in [5, 5.41) is 13.9. The van der Waals surface area contributed by atoms with Crippen molar-refractivity contribution in [3.8, 4) is 5.75 Å². The van der Waals surface area contributed by atoms with E-state index >= 15 is 0 Å². The van der Waals surface area contributed by atoms with Crippen LogP contribution in [-0.4, -0.2) is 23.8 Å². The van der Waals surface area contributed by atoms with E-state index in [0.29, 0.717) is 18.8 Å². The molecule has 1 heterocycles. The van der Waals surface area contributed by atoms with E-state index in [4.69, 9.17) is 9.15 Å². The zero-order valence-electron chi connectivity index (χ0n) is 13.2. The number of nitrogens with zero attached hydrogens (tertiary/aromatic N) is 1. The summed E-state index contributed by atoms with van der Waals surface area (Å²) in [5.41, 5.74) is 3.16. The maximum Gasteiger partial charge on any atom is 0.240 e. The summed E-state index contributed by atoms with van der Waals surface area (Å²) in [6, 6.07) is 10.8. The van der Waals surface area contributed by atoms with Crippen LogP contribution in [0.25, 0.3) is 0 Å². The Morgan fingerprint density at radius 1 is 1.38 bits per heavy atom. The van der Waals surface area contributed by atoms with Gasteiger partial charge < -0.3 is 14.3 Å². The number of aliphatic hydroxyl groups is 1. The highest BCUT2D eigenvalue weighted by atomic mass is 127. The number of carbonyl (C=O) groups excluding carboxylic acids is 1. The molecule has 128 valence electrons. The largest absolute Gasteiger partial charge is 0.494 e. The van der Waals surface area contributed by atoms with Gasteiger partial charge in [0.05, 0.1) is 18.9 Å². The number of aliphatic hydroxyl groups excluding tert-OH is 1. The average Bonchev–Trinajstić information content (AvgIpc) is 2.99. The first-order valence-electron chi connectivity index (χ1n) is 7.56. The summed E-state index contributed by atoms with van der Waals surface area (Å²) in [5.74, 6) is 1.06. The van der Waals surface area contributed by atoms with E-state index in [1.807, 2.05) is 29.5 Å². The lowest BCUT2D eigenvalue weighted by atomic mass is 10.0. The molecule has 7 heteroatoms. The number of hydrogen-bond donors (Lipinski definition) is 2. The molecule has 1 aromatic heterocycles. The van der Waals surface area contributed by atoms with Gasteiger partial charge in [0, 0.05) is 6.42 Å². The van der Waals surface area contributed by atoms with E-state index in [2.05, 4.69) is 10.5 Å². The summed E-state index contributed by atoms with van der Waals surface area (Å²) < 4.78 is 11.4. The quantitative estimate of drug-likeness (QED) is 0.374. The molecule has 0 aliphatic heterocycles. The number of amides is 1. The van der Waals surface area contributed by atoms with Crippen molar-refractivity contribution in [3.05, 3.63) is 51.5 Å². The van der Waals surface area contributed by atoms with E-state index in [9.17, 15) is 9.90 Å². The molecule has 24 heavy (non-hydrogen) atoms. The first-order valence-corrected chi connectivity index (χ1v) is 8.64. The molecule has 2 rings (SSSR count). The van der Waals surface area contributed by atoms with Crippen molar-refractivity contribution < 1.29 is 19.1 Å². The Morgan fingerprint density at radius 3 is 2.75 bits per heavy atom. The van der Waals surface area contributed by atoms with Crippen molar-refractivity contribution in [3.63, 3.8) is 0 Å². The van der Waals surface area contributed by atoms with Crippen LogP contribution in [0.2, 0.25) is 0 Å². The molecule has 0 saturated heterocycles. The third-order valence-corrected chi connectivity index (χ3v) is 3.78. The minimum atomic E-state index is -0.706. The van der Waals surface area contributed by atoms with E-state index in [0.717, 1.165) is 15.1 Å². The maximum atomic E-state index is 11.7. The van der Waals surface area contributed by atoms with Gasteiger partial charge in [-0.05, 0) is 65.8 Å². The highest BCUT2D eigenvalue weighted by molar-refractivity contribution is 14.1. The van der Waals surface area contributed by atoms with Crippen LogP contribution in [0.5, 0.6) is 5.75 Å². The predicted octanol–water partition coefficient (Wildman–Crippen LogP) is 3.25. The molecule has 2 N–H and O–H groups in total. The second kappa shape index (κ2) is 9.43. The molecular weight excluding hydrogens is 423 g/mol. The summed E-state index contributed by atoms with van der Waals surface area (Å²) in [7, 11) is 0. The standard InChI is InChI=1S/C17H19IN2O4/c1-2-23-13-5-3-12(4-6-13)15(21)8-10-17(22)20-19-11-14-7-9-16(18)24-14/h3-7,9,11,15,21H,2,8,10H2,1H3,(H,20,22)/b19-11-/t15-/m1/s1. The minimum absolute atomic E-state index is 0.168. The summed E-state index contributed by atoms with van der Waals surface area (Å²) in [6.45, 7) is 2.51. The van der Waals surface area contributed by atoms with Crippen molar-refractivity contribution in [1.29, 1.82) is 0 Å². The van der Waals surface area contributed by atoms with Gasteiger partial charge in [-0.3, -0.25) is 4.79 Å². The molecule has 0 aliphatic rings. The number of rotatable bonds is 8. The Balaban J connectivity index is 1.75. The molecule has 1 aromatic carbocycles. The van der Waals surface area contributed by atoms with Gasteiger partial charge in [0.15, 0.2) is 3.77 Å². The number of halogens is 1. The molecular formula is C17H19IN2O4. The van der Waals surface area contributed by atoms with Crippen molar-refractivity contribution in [2.24, 2.45) is 5.10 Å². The lowest BCUT2D eigenvalue weighted by Gasteiger charge is -2.11. The van der Waals surface area contributed by atoms with Gasteiger partial charge in [0.25, 0.3) is 0 Å². The van der Waals surface area contributed by atoms with Gasteiger partial charge in [0.2, 0.25) is 5.91 Å². The molecule has 0 fully saturated rings. The number of carbonyl (C=O) groups is 1. The molecule has 0 saturated carbocycles. The SMILES string of the molecule is CCOc1ccc([C@H](O)CCC(=O)N/N=C\c2ccc(I)o2)cc1. The fraction of sp³-hybridized carbons (Fsp3) is 0.294. The van der Waals surface area contributed by atoms with Gasteiger partial charge in [-0.15, -0.1) is 0 Å². The van der Waals surface area contributed by atoms with Gasteiger partial charge in [0.1, 0.15) is 11.5 Å². The number of ether oxygens (including phenoxy) is 1. The molecule has 2 aromatic rings. The third kappa shape index (κ3) is 5.97. The second-order valence-electron chi connectivity index (χ2n) is 4.99. The summed E-state index contributed by atoms with van der Waals surface area (Å²) in [6.07, 6.45) is 1.21. The van der Waals surface area contributed by atoms with Gasteiger partial charge in [-0.25, -0.2) is 5.43 Å². The zero-order chi connectivity index (χ0) is 17.4. The number of hydrogen-bond acceptors (Lipinski definition) is 5. The van der Waals surface area contributed by atoms with Crippen molar-refractivity contribution in [2.45, 2.75) is 25.9 Å². The van der Waals surface area contributed by atoms with Crippen molar-refractivity contribution in [2.75, 3.05) is 6.61 Å². The molecule has 1 amide bonds.